The van der Waals surface area contributed by atoms with Gasteiger partial charge in [-0.15, -0.1) is 0 Å². The van der Waals surface area contributed by atoms with Crippen molar-refractivity contribution in [3.63, 3.8) is 0 Å². The Labute approximate surface area is 130 Å². The molecule has 1 aromatic heterocycles. The van der Waals surface area contributed by atoms with E-state index in [-0.39, 0.29) is 24.5 Å². The summed E-state index contributed by atoms with van der Waals surface area (Å²) in [6, 6.07) is 13.2. The minimum atomic E-state index is -0.0780. The van der Waals surface area contributed by atoms with E-state index >= 15 is 0 Å². The second-order valence-electron chi connectivity index (χ2n) is 5.78. The molecule has 5 heteroatoms. The number of amides is 1. The van der Waals surface area contributed by atoms with E-state index in [4.69, 9.17) is 0 Å². The molecule has 3 N–H and O–H groups in total. The van der Waals surface area contributed by atoms with Gasteiger partial charge in [0.1, 0.15) is 0 Å². The number of H-pyrrole nitrogens is 1. The van der Waals surface area contributed by atoms with Gasteiger partial charge in [-0.25, -0.2) is 0 Å². The standard InChI is InChI=1S/C17H21N3O2/c21-12-14-9-20(10-15-7-4-8-18-15)11-16(14)19-17(22)13-5-2-1-3-6-13/h1-8,14,16,18,21H,9-12H2,(H,19,22)/t14-,16+/m0/s1. The molecular weight excluding hydrogens is 278 g/mol. The first kappa shape index (κ1) is 14.8. The summed E-state index contributed by atoms with van der Waals surface area (Å²) in [6.45, 7) is 2.43. The predicted molar refractivity (Wildman–Crippen MR) is 84.3 cm³/mol. The maximum atomic E-state index is 12.3. The first-order chi connectivity index (χ1) is 10.8. The van der Waals surface area contributed by atoms with Crippen molar-refractivity contribution in [2.45, 2.75) is 12.6 Å². The number of aromatic amines is 1. The molecule has 2 aromatic rings. The lowest BCUT2D eigenvalue weighted by molar-refractivity contribution is 0.0921. The Bertz CT molecular complexity index is 598. The van der Waals surface area contributed by atoms with E-state index in [9.17, 15) is 9.90 Å². The smallest absolute Gasteiger partial charge is 0.251 e. The summed E-state index contributed by atoms with van der Waals surface area (Å²) in [5, 5.41) is 12.6. The van der Waals surface area contributed by atoms with Gasteiger partial charge in [-0.3, -0.25) is 9.69 Å². The normalized spacial score (nSPS) is 21.9. The van der Waals surface area contributed by atoms with Crippen molar-refractivity contribution < 1.29 is 9.90 Å². The molecule has 1 saturated heterocycles. The van der Waals surface area contributed by atoms with E-state index in [0.29, 0.717) is 5.56 Å². The topological polar surface area (TPSA) is 68.4 Å². The highest BCUT2D eigenvalue weighted by Crippen LogP contribution is 2.19. The molecule has 0 spiro atoms. The number of aliphatic hydroxyl groups is 1. The monoisotopic (exact) mass is 299 g/mol. The summed E-state index contributed by atoms with van der Waals surface area (Å²) < 4.78 is 0. The Morgan fingerprint density at radius 3 is 2.73 bits per heavy atom. The molecule has 1 fully saturated rings. The van der Waals surface area contributed by atoms with Crippen molar-refractivity contribution >= 4 is 5.91 Å². The molecule has 0 aliphatic carbocycles. The third kappa shape index (κ3) is 3.37. The van der Waals surface area contributed by atoms with Crippen LogP contribution in [0.15, 0.2) is 48.7 Å². The summed E-state index contributed by atoms with van der Waals surface area (Å²) in [4.78, 5) is 17.7. The van der Waals surface area contributed by atoms with Gasteiger partial charge in [0.15, 0.2) is 0 Å². The zero-order valence-corrected chi connectivity index (χ0v) is 12.4. The lowest BCUT2D eigenvalue weighted by Gasteiger charge is -2.18. The van der Waals surface area contributed by atoms with Crippen molar-refractivity contribution in [2.75, 3.05) is 19.7 Å². The zero-order chi connectivity index (χ0) is 15.4. The molecule has 0 unspecified atom stereocenters. The molecule has 1 amide bonds. The maximum Gasteiger partial charge on any atom is 0.251 e. The van der Waals surface area contributed by atoms with E-state index in [2.05, 4.69) is 15.2 Å². The largest absolute Gasteiger partial charge is 0.396 e. The number of aromatic nitrogens is 1. The predicted octanol–water partition coefficient (Wildman–Crippen LogP) is 1.24. The van der Waals surface area contributed by atoms with Crippen molar-refractivity contribution in [3.8, 4) is 0 Å². The van der Waals surface area contributed by atoms with Crippen LogP contribution in [0.2, 0.25) is 0 Å². The van der Waals surface area contributed by atoms with Gasteiger partial charge in [-0.05, 0) is 24.3 Å². The molecule has 0 bridgehead atoms. The van der Waals surface area contributed by atoms with E-state index in [1.165, 1.54) is 0 Å². The summed E-state index contributed by atoms with van der Waals surface area (Å²) in [6.07, 6.45) is 1.91. The Balaban J connectivity index is 1.61. The fourth-order valence-corrected chi connectivity index (χ4v) is 2.99. The van der Waals surface area contributed by atoms with Crippen LogP contribution in [0.5, 0.6) is 0 Å². The molecule has 3 rings (SSSR count). The number of benzene rings is 1. The molecule has 2 heterocycles. The number of aliphatic hydroxyl groups excluding tert-OH is 1. The number of carbonyl (C=O) groups is 1. The van der Waals surface area contributed by atoms with Crippen LogP contribution in [0.4, 0.5) is 0 Å². The number of hydrogen-bond acceptors (Lipinski definition) is 3. The molecule has 116 valence electrons. The summed E-state index contributed by atoms with van der Waals surface area (Å²) in [5.74, 6) is -0.00611. The Morgan fingerprint density at radius 2 is 2.05 bits per heavy atom. The Morgan fingerprint density at radius 1 is 1.23 bits per heavy atom. The van der Waals surface area contributed by atoms with Crippen LogP contribution < -0.4 is 5.32 Å². The van der Waals surface area contributed by atoms with Crippen LogP contribution in [-0.4, -0.2) is 46.6 Å². The third-order valence-electron chi connectivity index (χ3n) is 4.16. The van der Waals surface area contributed by atoms with Crippen LogP contribution in [0.25, 0.3) is 0 Å². The number of nitrogens with zero attached hydrogens (tertiary/aromatic N) is 1. The first-order valence-electron chi connectivity index (χ1n) is 7.57. The summed E-state index contributed by atoms with van der Waals surface area (Å²) in [5.41, 5.74) is 1.80. The minimum Gasteiger partial charge on any atom is -0.396 e. The van der Waals surface area contributed by atoms with Gasteiger partial charge in [0.05, 0.1) is 0 Å². The number of nitrogens with one attached hydrogen (secondary N) is 2. The van der Waals surface area contributed by atoms with E-state index in [1.807, 2.05) is 36.5 Å². The maximum absolute atomic E-state index is 12.3. The molecule has 1 aromatic carbocycles. The highest BCUT2D eigenvalue weighted by Gasteiger charge is 2.33. The van der Waals surface area contributed by atoms with E-state index in [0.717, 1.165) is 25.3 Å². The highest BCUT2D eigenvalue weighted by atomic mass is 16.3. The molecule has 5 nitrogen and oxygen atoms in total. The van der Waals surface area contributed by atoms with Crippen molar-refractivity contribution in [1.29, 1.82) is 0 Å². The fraction of sp³-hybridized carbons (Fsp3) is 0.353. The molecular formula is C17H21N3O2. The van der Waals surface area contributed by atoms with Crippen LogP contribution in [-0.2, 0) is 6.54 Å². The van der Waals surface area contributed by atoms with Crippen molar-refractivity contribution in [2.24, 2.45) is 5.92 Å². The average Bonchev–Trinajstić information content (AvgIpc) is 3.18. The Kier molecular flexibility index (Phi) is 4.56. The van der Waals surface area contributed by atoms with Crippen LogP contribution in [0, 0.1) is 5.92 Å². The quantitative estimate of drug-likeness (QED) is 0.778. The summed E-state index contributed by atoms with van der Waals surface area (Å²) in [7, 11) is 0. The zero-order valence-electron chi connectivity index (χ0n) is 12.4. The Hall–Kier alpha value is -2.11. The molecule has 1 aliphatic rings. The number of likely N-dealkylation sites (tertiary alicyclic amines) is 1. The first-order valence-corrected chi connectivity index (χ1v) is 7.57. The highest BCUT2D eigenvalue weighted by molar-refractivity contribution is 5.94. The van der Waals surface area contributed by atoms with Gasteiger partial charge < -0.3 is 15.4 Å². The van der Waals surface area contributed by atoms with Gasteiger partial charge in [0, 0.05) is 55.7 Å². The van der Waals surface area contributed by atoms with Crippen LogP contribution >= 0.6 is 0 Å². The number of rotatable bonds is 5. The van der Waals surface area contributed by atoms with Crippen LogP contribution in [0.1, 0.15) is 16.1 Å². The van der Waals surface area contributed by atoms with Crippen molar-refractivity contribution in [3.05, 3.63) is 59.9 Å². The third-order valence-corrected chi connectivity index (χ3v) is 4.16. The molecule has 0 saturated carbocycles. The molecule has 0 radical (unpaired) electrons. The minimum absolute atomic E-state index is 0.0207. The van der Waals surface area contributed by atoms with E-state index in [1.54, 1.807) is 12.1 Å². The SMILES string of the molecule is O=C(N[C@@H]1CN(Cc2ccc[nH]2)C[C@H]1CO)c1ccccc1. The van der Waals surface area contributed by atoms with Gasteiger partial charge in [0.2, 0.25) is 0 Å². The molecule has 2 atom stereocenters. The second kappa shape index (κ2) is 6.77. The number of hydrogen-bond donors (Lipinski definition) is 3. The molecule has 22 heavy (non-hydrogen) atoms. The molecule has 1 aliphatic heterocycles. The van der Waals surface area contributed by atoms with Gasteiger partial charge in [-0.1, -0.05) is 18.2 Å². The fourth-order valence-electron chi connectivity index (χ4n) is 2.99. The van der Waals surface area contributed by atoms with E-state index < -0.39 is 0 Å². The van der Waals surface area contributed by atoms with Crippen LogP contribution in [0.3, 0.4) is 0 Å². The summed E-state index contributed by atoms with van der Waals surface area (Å²) >= 11 is 0. The second-order valence-corrected chi connectivity index (χ2v) is 5.78. The van der Waals surface area contributed by atoms with Gasteiger partial charge in [-0.2, -0.15) is 0 Å². The van der Waals surface area contributed by atoms with Gasteiger partial charge >= 0.3 is 0 Å². The van der Waals surface area contributed by atoms with Gasteiger partial charge in [0.25, 0.3) is 5.91 Å². The number of carbonyl (C=O) groups excluding carboxylic acids is 1. The average molecular weight is 299 g/mol. The lowest BCUT2D eigenvalue weighted by atomic mass is 10.0. The van der Waals surface area contributed by atoms with Crippen molar-refractivity contribution in [1.82, 2.24) is 15.2 Å². The lowest BCUT2D eigenvalue weighted by Crippen LogP contribution is -2.41.